The Morgan fingerprint density at radius 1 is 0.814 bits per heavy atom. The number of carbonyl (C=O) groups is 1. The molecule has 5 heteroatoms. The molecule has 43 heavy (non-hydrogen) atoms. The van der Waals surface area contributed by atoms with Gasteiger partial charge in [-0.1, -0.05) is 103 Å². The minimum atomic E-state index is -0.328. The molecule has 5 rings (SSSR count). The summed E-state index contributed by atoms with van der Waals surface area (Å²) in [5.41, 5.74) is 10.4. The number of carbonyl (C=O) groups excluding carboxylic acids is 1. The van der Waals surface area contributed by atoms with Crippen molar-refractivity contribution in [3.8, 4) is 5.75 Å². The van der Waals surface area contributed by atoms with E-state index in [-0.39, 0.29) is 12.3 Å². The van der Waals surface area contributed by atoms with Crippen LogP contribution >= 0.6 is 0 Å². The van der Waals surface area contributed by atoms with Crippen LogP contribution in [0.4, 0.5) is 0 Å². The molecule has 5 nitrogen and oxygen atoms in total. The largest absolute Gasteiger partial charge is 0.494 e. The summed E-state index contributed by atoms with van der Waals surface area (Å²) in [5.74, 6) is 0.777. The van der Waals surface area contributed by atoms with E-state index in [0.717, 1.165) is 56.9 Å². The standard InChI is InChI=1S/C38H45N3O2/c39-38(42)29-32-14-10-19-36(28-32)43-27-11-23-41(30-37(33-15-6-2-7-16-33)34-17-8-3-9-18-34)35-21-25-40(26-22-35)24-20-31-12-4-1-5-13-31/h1-10,12-19,28,35,37H,11,20-27,29-30H2,(H2,39,42). The zero-order valence-electron chi connectivity index (χ0n) is 25.2. The molecule has 1 aliphatic rings. The summed E-state index contributed by atoms with van der Waals surface area (Å²) in [6.07, 6.45) is 4.64. The van der Waals surface area contributed by atoms with E-state index in [1.807, 2.05) is 24.3 Å². The van der Waals surface area contributed by atoms with Crippen LogP contribution in [0.3, 0.4) is 0 Å². The predicted molar refractivity (Wildman–Crippen MR) is 175 cm³/mol. The molecule has 4 aromatic carbocycles. The third-order valence-electron chi connectivity index (χ3n) is 8.59. The van der Waals surface area contributed by atoms with Gasteiger partial charge in [-0.05, 0) is 73.2 Å². The Balaban J connectivity index is 1.24. The monoisotopic (exact) mass is 575 g/mol. The van der Waals surface area contributed by atoms with Gasteiger partial charge in [0.25, 0.3) is 0 Å². The van der Waals surface area contributed by atoms with Gasteiger partial charge in [0, 0.05) is 31.6 Å². The van der Waals surface area contributed by atoms with E-state index in [1.165, 1.54) is 29.5 Å². The fourth-order valence-electron chi connectivity index (χ4n) is 6.28. The lowest BCUT2D eigenvalue weighted by atomic mass is 9.89. The first kappa shape index (κ1) is 30.5. The zero-order chi connectivity index (χ0) is 29.7. The Morgan fingerprint density at radius 3 is 2.05 bits per heavy atom. The summed E-state index contributed by atoms with van der Waals surface area (Å²) in [5, 5.41) is 0. The second-order valence-corrected chi connectivity index (χ2v) is 11.7. The Bertz CT molecular complexity index is 1330. The summed E-state index contributed by atoms with van der Waals surface area (Å²) >= 11 is 0. The summed E-state index contributed by atoms with van der Waals surface area (Å²) < 4.78 is 6.14. The van der Waals surface area contributed by atoms with Crippen molar-refractivity contribution in [2.24, 2.45) is 5.73 Å². The maximum Gasteiger partial charge on any atom is 0.221 e. The third kappa shape index (κ3) is 9.54. The SMILES string of the molecule is NC(=O)Cc1cccc(OCCCN(CC(c2ccccc2)c2ccccc2)C2CCN(CCc3ccccc3)CC2)c1. The van der Waals surface area contributed by atoms with Gasteiger partial charge in [-0.3, -0.25) is 9.69 Å². The number of piperidine rings is 1. The second-order valence-electron chi connectivity index (χ2n) is 11.7. The number of ether oxygens (including phenoxy) is 1. The highest BCUT2D eigenvalue weighted by Gasteiger charge is 2.27. The molecule has 0 atom stereocenters. The van der Waals surface area contributed by atoms with Crippen LogP contribution in [-0.2, 0) is 17.6 Å². The molecule has 4 aromatic rings. The van der Waals surface area contributed by atoms with Gasteiger partial charge in [0.15, 0.2) is 0 Å². The van der Waals surface area contributed by atoms with Crippen molar-refractivity contribution in [2.75, 3.05) is 39.3 Å². The zero-order valence-corrected chi connectivity index (χ0v) is 25.2. The number of primary amides is 1. The van der Waals surface area contributed by atoms with E-state index in [1.54, 1.807) is 0 Å². The van der Waals surface area contributed by atoms with Crippen molar-refractivity contribution < 1.29 is 9.53 Å². The molecular formula is C38H45N3O2. The van der Waals surface area contributed by atoms with Crippen molar-refractivity contribution in [2.45, 2.75) is 44.1 Å². The van der Waals surface area contributed by atoms with Crippen molar-refractivity contribution in [3.63, 3.8) is 0 Å². The quantitative estimate of drug-likeness (QED) is 0.169. The van der Waals surface area contributed by atoms with Gasteiger partial charge in [-0.25, -0.2) is 0 Å². The van der Waals surface area contributed by atoms with E-state index in [4.69, 9.17) is 10.5 Å². The summed E-state index contributed by atoms with van der Waals surface area (Å²) in [4.78, 5) is 16.7. The molecule has 1 fully saturated rings. The van der Waals surface area contributed by atoms with Crippen LogP contribution in [-0.4, -0.2) is 61.1 Å². The van der Waals surface area contributed by atoms with Crippen LogP contribution in [0.1, 0.15) is 47.4 Å². The molecular weight excluding hydrogens is 530 g/mol. The first-order chi connectivity index (χ1) is 21.1. The minimum Gasteiger partial charge on any atom is -0.494 e. The number of nitrogens with zero attached hydrogens (tertiary/aromatic N) is 2. The van der Waals surface area contributed by atoms with Crippen LogP contribution in [0.15, 0.2) is 115 Å². The molecule has 0 spiro atoms. The van der Waals surface area contributed by atoms with Crippen molar-refractivity contribution in [3.05, 3.63) is 138 Å². The van der Waals surface area contributed by atoms with Crippen LogP contribution < -0.4 is 10.5 Å². The minimum absolute atomic E-state index is 0.232. The maximum absolute atomic E-state index is 11.4. The lowest BCUT2D eigenvalue weighted by Gasteiger charge is -2.40. The maximum atomic E-state index is 11.4. The van der Waals surface area contributed by atoms with Crippen molar-refractivity contribution >= 4 is 5.91 Å². The fraction of sp³-hybridized carbons (Fsp3) is 0.342. The normalized spacial score (nSPS) is 14.3. The van der Waals surface area contributed by atoms with Crippen molar-refractivity contribution in [1.29, 1.82) is 0 Å². The number of hydrogen-bond acceptors (Lipinski definition) is 4. The molecule has 0 bridgehead atoms. The highest BCUT2D eigenvalue weighted by Crippen LogP contribution is 2.28. The first-order valence-electron chi connectivity index (χ1n) is 15.7. The summed E-state index contributed by atoms with van der Waals surface area (Å²) in [6, 6.07) is 41.0. The molecule has 1 saturated heterocycles. The van der Waals surface area contributed by atoms with Gasteiger partial charge in [0.1, 0.15) is 5.75 Å². The van der Waals surface area contributed by atoms with Gasteiger partial charge in [-0.15, -0.1) is 0 Å². The summed E-state index contributed by atoms with van der Waals surface area (Å²) in [7, 11) is 0. The lowest BCUT2D eigenvalue weighted by molar-refractivity contribution is -0.117. The first-order valence-corrected chi connectivity index (χ1v) is 15.7. The second kappa shape index (κ2) is 16.1. The van der Waals surface area contributed by atoms with Crippen LogP contribution in [0.2, 0.25) is 0 Å². The third-order valence-corrected chi connectivity index (χ3v) is 8.59. The Labute approximate surface area is 257 Å². The van der Waals surface area contributed by atoms with Crippen LogP contribution in [0, 0.1) is 0 Å². The van der Waals surface area contributed by atoms with E-state index >= 15 is 0 Å². The Kier molecular flexibility index (Phi) is 11.4. The van der Waals surface area contributed by atoms with E-state index in [0.29, 0.717) is 18.6 Å². The number of amides is 1. The molecule has 0 aromatic heterocycles. The molecule has 0 saturated carbocycles. The Hall–Kier alpha value is -3.93. The van der Waals surface area contributed by atoms with Gasteiger partial charge < -0.3 is 15.4 Å². The highest BCUT2D eigenvalue weighted by molar-refractivity contribution is 5.76. The molecule has 0 aliphatic carbocycles. The molecule has 0 unspecified atom stereocenters. The lowest BCUT2D eigenvalue weighted by Crippen LogP contribution is -2.47. The van der Waals surface area contributed by atoms with E-state index in [2.05, 4.69) is 101 Å². The van der Waals surface area contributed by atoms with Crippen LogP contribution in [0.25, 0.3) is 0 Å². The number of nitrogens with two attached hydrogens (primary N) is 1. The molecule has 1 heterocycles. The topological polar surface area (TPSA) is 58.8 Å². The van der Waals surface area contributed by atoms with Gasteiger partial charge in [0.05, 0.1) is 13.0 Å². The van der Waals surface area contributed by atoms with Crippen molar-refractivity contribution in [1.82, 2.24) is 9.80 Å². The van der Waals surface area contributed by atoms with Crippen LogP contribution in [0.5, 0.6) is 5.75 Å². The molecule has 1 amide bonds. The van der Waals surface area contributed by atoms with Gasteiger partial charge in [-0.2, -0.15) is 0 Å². The van der Waals surface area contributed by atoms with Gasteiger partial charge in [0.2, 0.25) is 5.91 Å². The number of benzene rings is 4. The molecule has 2 N–H and O–H groups in total. The molecule has 0 radical (unpaired) electrons. The van der Waals surface area contributed by atoms with Gasteiger partial charge >= 0.3 is 0 Å². The molecule has 224 valence electrons. The fourth-order valence-corrected chi connectivity index (χ4v) is 6.28. The summed E-state index contributed by atoms with van der Waals surface area (Å²) in [6.45, 7) is 5.99. The number of rotatable bonds is 15. The van der Waals surface area contributed by atoms with E-state index in [9.17, 15) is 4.79 Å². The Morgan fingerprint density at radius 2 is 1.42 bits per heavy atom. The average Bonchev–Trinajstić information content (AvgIpc) is 3.05. The number of hydrogen-bond donors (Lipinski definition) is 1. The molecule has 1 aliphatic heterocycles. The average molecular weight is 576 g/mol. The predicted octanol–water partition coefficient (Wildman–Crippen LogP) is 6.32. The van der Waals surface area contributed by atoms with E-state index < -0.39 is 0 Å². The number of likely N-dealkylation sites (tertiary alicyclic amines) is 1. The highest BCUT2D eigenvalue weighted by atomic mass is 16.5. The smallest absolute Gasteiger partial charge is 0.221 e.